The molecule has 0 aliphatic heterocycles. The third-order valence-corrected chi connectivity index (χ3v) is 3.12. The number of pyridine rings is 1. The summed E-state index contributed by atoms with van der Waals surface area (Å²) < 4.78 is 2.58. The van der Waals surface area contributed by atoms with Crippen LogP contribution in [-0.2, 0) is 6.54 Å². The van der Waals surface area contributed by atoms with E-state index < -0.39 is 0 Å². The highest BCUT2D eigenvalue weighted by Gasteiger charge is 2.02. The molecule has 16 heavy (non-hydrogen) atoms. The van der Waals surface area contributed by atoms with E-state index in [2.05, 4.69) is 15.9 Å². The molecule has 0 aliphatic carbocycles. The molecule has 0 spiro atoms. The van der Waals surface area contributed by atoms with Crippen molar-refractivity contribution in [3.8, 4) is 0 Å². The molecule has 4 heteroatoms. The van der Waals surface area contributed by atoms with Gasteiger partial charge in [0.1, 0.15) is 0 Å². The lowest BCUT2D eigenvalue weighted by Gasteiger charge is -2.07. The largest absolute Gasteiger partial charge is 0.394 e. The Morgan fingerprint density at radius 2 is 1.94 bits per heavy atom. The molecule has 1 aromatic carbocycles. The average Bonchev–Trinajstić information content (AvgIpc) is 2.28. The van der Waals surface area contributed by atoms with E-state index in [1.54, 1.807) is 22.9 Å². The highest BCUT2D eigenvalue weighted by atomic mass is 79.9. The first-order chi connectivity index (χ1) is 7.68. The van der Waals surface area contributed by atoms with Gasteiger partial charge in [-0.1, -0.05) is 34.1 Å². The second kappa shape index (κ2) is 4.53. The summed E-state index contributed by atoms with van der Waals surface area (Å²) in [7, 11) is 0. The van der Waals surface area contributed by atoms with Gasteiger partial charge in [-0.3, -0.25) is 4.79 Å². The van der Waals surface area contributed by atoms with Gasteiger partial charge in [-0.05, 0) is 23.8 Å². The van der Waals surface area contributed by atoms with Crippen molar-refractivity contribution in [3.05, 3.63) is 63.0 Å². The van der Waals surface area contributed by atoms with E-state index in [-0.39, 0.29) is 11.2 Å². The van der Waals surface area contributed by atoms with E-state index in [1.807, 2.05) is 24.3 Å². The van der Waals surface area contributed by atoms with Crippen LogP contribution in [0.5, 0.6) is 0 Å². The molecule has 0 atom stereocenters. The summed E-state index contributed by atoms with van der Waals surface area (Å²) in [5.74, 6) is 0. The molecule has 82 valence electrons. The molecule has 0 bridgehead atoms. The molecule has 1 aromatic heterocycles. The van der Waals surface area contributed by atoms with E-state index in [0.29, 0.717) is 6.54 Å². The molecule has 0 unspecified atom stereocenters. The lowest BCUT2D eigenvalue weighted by molar-refractivity contribution is 0.759. The fourth-order valence-electron chi connectivity index (χ4n) is 1.49. The molecule has 0 amide bonds. The van der Waals surface area contributed by atoms with Crippen LogP contribution in [0.2, 0.25) is 0 Å². The first-order valence-electron chi connectivity index (χ1n) is 4.87. The smallest absolute Gasteiger partial charge is 0.273 e. The van der Waals surface area contributed by atoms with Crippen LogP contribution in [0.3, 0.4) is 0 Å². The summed E-state index contributed by atoms with van der Waals surface area (Å²) >= 11 is 3.45. The Morgan fingerprint density at radius 3 is 2.69 bits per heavy atom. The normalized spacial score (nSPS) is 10.3. The van der Waals surface area contributed by atoms with Gasteiger partial charge in [-0.25, -0.2) is 0 Å². The van der Waals surface area contributed by atoms with Crippen LogP contribution in [-0.4, -0.2) is 4.57 Å². The number of nitrogens with zero attached hydrogens (tertiary/aromatic N) is 1. The maximum absolute atomic E-state index is 11.7. The highest BCUT2D eigenvalue weighted by Crippen LogP contribution is 2.16. The average molecular weight is 279 g/mol. The molecule has 1 heterocycles. The minimum atomic E-state index is -0.154. The van der Waals surface area contributed by atoms with Gasteiger partial charge < -0.3 is 10.3 Å². The third-order valence-electron chi connectivity index (χ3n) is 2.35. The molecular weight excluding hydrogens is 268 g/mol. The molecule has 2 N–H and O–H groups in total. The molecule has 0 saturated carbocycles. The number of rotatable bonds is 2. The van der Waals surface area contributed by atoms with Crippen LogP contribution in [0.4, 0.5) is 5.69 Å². The van der Waals surface area contributed by atoms with Crippen molar-refractivity contribution >= 4 is 21.6 Å². The summed E-state index contributed by atoms with van der Waals surface area (Å²) in [6, 6.07) is 11.2. The second-order valence-electron chi connectivity index (χ2n) is 3.49. The molecule has 2 aromatic rings. The maximum Gasteiger partial charge on any atom is 0.273 e. The topological polar surface area (TPSA) is 48.0 Å². The van der Waals surface area contributed by atoms with Crippen molar-refractivity contribution in [1.82, 2.24) is 4.57 Å². The summed E-state index contributed by atoms with van der Waals surface area (Å²) in [6.45, 7) is 0.519. The lowest BCUT2D eigenvalue weighted by atomic mass is 10.2. The quantitative estimate of drug-likeness (QED) is 0.916. The van der Waals surface area contributed by atoms with Crippen LogP contribution in [0.15, 0.2) is 51.9 Å². The van der Waals surface area contributed by atoms with Crippen LogP contribution >= 0.6 is 15.9 Å². The number of halogens is 1. The Kier molecular flexibility index (Phi) is 3.10. The maximum atomic E-state index is 11.7. The number of nitrogen functional groups attached to an aromatic ring is 1. The fraction of sp³-hybridized carbons (Fsp3) is 0.0833. The van der Waals surface area contributed by atoms with Gasteiger partial charge in [0.05, 0.1) is 12.2 Å². The van der Waals surface area contributed by atoms with Gasteiger partial charge in [0, 0.05) is 10.7 Å². The zero-order chi connectivity index (χ0) is 11.5. The van der Waals surface area contributed by atoms with E-state index in [1.165, 1.54) is 0 Å². The Morgan fingerprint density at radius 1 is 1.19 bits per heavy atom. The number of hydrogen-bond donors (Lipinski definition) is 1. The van der Waals surface area contributed by atoms with Gasteiger partial charge in [0.2, 0.25) is 0 Å². The van der Waals surface area contributed by atoms with Crippen molar-refractivity contribution in [3.63, 3.8) is 0 Å². The van der Waals surface area contributed by atoms with Crippen molar-refractivity contribution < 1.29 is 0 Å². The Balaban J connectivity index is 2.39. The van der Waals surface area contributed by atoms with Crippen molar-refractivity contribution in [2.45, 2.75) is 6.54 Å². The van der Waals surface area contributed by atoms with Crippen LogP contribution in [0.25, 0.3) is 0 Å². The summed E-state index contributed by atoms with van der Waals surface area (Å²) in [5.41, 5.74) is 6.74. The Labute approximate surface area is 102 Å². The summed E-state index contributed by atoms with van der Waals surface area (Å²) in [6.07, 6.45) is 1.73. The lowest BCUT2D eigenvalue weighted by Crippen LogP contribution is -2.22. The molecule has 0 saturated heterocycles. The van der Waals surface area contributed by atoms with Gasteiger partial charge in [-0.2, -0.15) is 0 Å². The number of aromatic nitrogens is 1. The van der Waals surface area contributed by atoms with Crippen molar-refractivity contribution in [2.24, 2.45) is 0 Å². The predicted octanol–water partition coefficient (Wildman–Crippen LogP) is 2.24. The van der Waals surface area contributed by atoms with Gasteiger partial charge in [-0.15, -0.1) is 0 Å². The Hall–Kier alpha value is -1.55. The number of hydrogen-bond acceptors (Lipinski definition) is 2. The highest BCUT2D eigenvalue weighted by molar-refractivity contribution is 9.10. The second-order valence-corrected chi connectivity index (χ2v) is 4.34. The molecule has 3 nitrogen and oxygen atoms in total. The third kappa shape index (κ3) is 2.17. The van der Waals surface area contributed by atoms with Gasteiger partial charge in [0.15, 0.2) is 0 Å². The zero-order valence-corrected chi connectivity index (χ0v) is 10.1. The van der Waals surface area contributed by atoms with Crippen LogP contribution in [0, 0.1) is 0 Å². The van der Waals surface area contributed by atoms with Crippen molar-refractivity contribution in [1.29, 1.82) is 0 Å². The Bertz CT molecular complexity index is 563. The van der Waals surface area contributed by atoms with E-state index in [9.17, 15) is 4.79 Å². The fourth-order valence-corrected chi connectivity index (χ4v) is 1.90. The molecule has 0 fully saturated rings. The zero-order valence-electron chi connectivity index (χ0n) is 8.56. The SMILES string of the molecule is Nc1cccn(Cc2ccccc2Br)c1=O. The first kappa shape index (κ1) is 11.0. The minimum Gasteiger partial charge on any atom is -0.394 e. The van der Waals surface area contributed by atoms with Crippen molar-refractivity contribution in [2.75, 3.05) is 5.73 Å². The molecular formula is C12H11BrN2O. The van der Waals surface area contributed by atoms with Gasteiger partial charge in [0.25, 0.3) is 5.56 Å². The summed E-state index contributed by atoms with van der Waals surface area (Å²) in [5, 5.41) is 0. The van der Waals surface area contributed by atoms with Crippen LogP contribution in [0.1, 0.15) is 5.56 Å². The molecule has 0 radical (unpaired) electrons. The number of nitrogens with two attached hydrogens (primary N) is 1. The van der Waals surface area contributed by atoms with E-state index >= 15 is 0 Å². The minimum absolute atomic E-state index is 0.154. The van der Waals surface area contributed by atoms with Crippen LogP contribution < -0.4 is 11.3 Å². The van der Waals surface area contributed by atoms with Gasteiger partial charge >= 0.3 is 0 Å². The number of benzene rings is 1. The first-order valence-corrected chi connectivity index (χ1v) is 5.66. The van der Waals surface area contributed by atoms with E-state index in [0.717, 1.165) is 10.0 Å². The number of anilines is 1. The predicted molar refractivity (Wildman–Crippen MR) is 68.4 cm³/mol. The molecule has 0 aliphatic rings. The monoisotopic (exact) mass is 278 g/mol. The molecule has 2 rings (SSSR count). The summed E-state index contributed by atoms with van der Waals surface area (Å²) in [4.78, 5) is 11.7. The van der Waals surface area contributed by atoms with E-state index in [4.69, 9.17) is 5.73 Å². The standard InChI is InChI=1S/C12H11BrN2O/c13-10-5-2-1-4-9(10)8-15-7-3-6-11(14)12(15)16/h1-7H,8,14H2.